The van der Waals surface area contributed by atoms with Gasteiger partial charge in [-0.1, -0.05) is 12.5 Å². The van der Waals surface area contributed by atoms with Crippen molar-refractivity contribution in [2.24, 2.45) is 17.8 Å². The molecule has 2 heteroatoms. The quantitative estimate of drug-likeness (QED) is 0.823. The number of hydrogen-bond acceptors (Lipinski definition) is 2. The highest BCUT2D eigenvalue weighted by atomic mass is 32.1. The molecule has 1 heterocycles. The lowest BCUT2D eigenvalue weighted by Crippen LogP contribution is -2.25. The van der Waals surface area contributed by atoms with Gasteiger partial charge in [-0.25, -0.2) is 0 Å². The first-order valence-electron chi connectivity index (χ1n) is 6.15. The number of hydrogen-bond donors (Lipinski definition) is 1. The fourth-order valence-electron chi connectivity index (χ4n) is 3.42. The molecule has 0 aliphatic heterocycles. The van der Waals surface area contributed by atoms with Crippen molar-refractivity contribution in [1.29, 1.82) is 0 Å². The molecule has 1 aromatic rings. The highest BCUT2D eigenvalue weighted by Gasteiger charge is 2.38. The van der Waals surface area contributed by atoms with Crippen LogP contribution < -0.4 is 5.32 Å². The van der Waals surface area contributed by atoms with Crippen molar-refractivity contribution in [3.63, 3.8) is 0 Å². The monoisotopic (exact) mass is 221 g/mol. The Bertz CT molecular complexity index is 306. The lowest BCUT2D eigenvalue weighted by Gasteiger charge is -2.21. The van der Waals surface area contributed by atoms with Crippen LogP contribution in [0.1, 0.15) is 30.6 Å². The minimum absolute atomic E-state index is 0.990. The zero-order valence-corrected chi connectivity index (χ0v) is 9.93. The molecule has 0 spiro atoms. The van der Waals surface area contributed by atoms with E-state index < -0.39 is 0 Å². The lowest BCUT2D eigenvalue weighted by atomic mass is 9.89. The first-order valence-corrected chi connectivity index (χ1v) is 7.03. The van der Waals surface area contributed by atoms with Gasteiger partial charge in [-0.05, 0) is 55.0 Å². The minimum Gasteiger partial charge on any atom is -0.312 e. The molecule has 0 aromatic carbocycles. The van der Waals surface area contributed by atoms with Crippen molar-refractivity contribution in [2.75, 3.05) is 6.54 Å². The molecule has 2 saturated carbocycles. The van der Waals surface area contributed by atoms with Gasteiger partial charge in [0.05, 0.1) is 0 Å². The summed E-state index contributed by atoms with van der Waals surface area (Å²) in [5.74, 6) is 3.14. The molecule has 1 aromatic heterocycles. The van der Waals surface area contributed by atoms with Crippen molar-refractivity contribution in [1.82, 2.24) is 5.32 Å². The zero-order chi connectivity index (χ0) is 10.1. The van der Waals surface area contributed by atoms with Gasteiger partial charge in [-0.2, -0.15) is 0 Å². The second-order valence-corrected chi connectivity index (χ2v) is 6.18. The van der Waals surface area contributed by atoms with Gasteiger partial charge in [0.1, 0.15) is 0 Å². The van der Waals surface area contributed by atoms with E-state index in [1.165, 1.54) is 37.1 Å². The molecular weight excluding hydrogens is 202 g/mol. The van der Waals surface area contributed by atoms with E-state index in [1.54, 1.807) is 0 Å². The lowest BCUT2D eigenvalue weighted by molar-refractivity contribution is 0.319. The average molecular weight is 221 g/mol. The van der Waals surface area contributed by atoms with Gasteiger partial charge in [-0.3, -0.25) is 0 Å². The Morgan fingerprint density at radius 2 is 2.33 bits per heavy atom. The maximum atomic E-state index is 3.62. The Morgan fingerprint density at radius 1 is 1.33 bits per heavy atom. The van der Waals surface area contributed by atoms with Crippen LogP contribution in [0.5, 0.6) is 0 Å². The van der Waals surface area contributed by atoms with E-state index in [2.05, 4.69) is 22.8 Å². The van der Waals surface area contributed by atoms with Crippen molar-refractivity contribution >= 4 is 11.3 Å². The molecule has 3 atom stereocenters. The van der Waals surface area contributed by atoms with Crippen LogP contribution in [0.25, 0.3) is 0 Å². The van der Waals surface area contributed by atoms with E-state index in [9.17, 15) is 0 Å². The maximum Gasteiger partial charge on any atom is 0.0299 e. The molecule has 2 aliphatic rings. The highest BCUT2D eigenvalue weighted by Crippen LogP contribution is 2.47. The summed E-state index contributed by atoms with van der Waals surface area (Å²) in [6.45, 7) is 2.32. The third-order valence-corrected chi connectivity index (χ3v) is 5.05. The molecule has 1 N–H and O–H groups in total. The van der Waals surface area contributed by atoms with Crippen LogP contribution in [0.2, 0.25) is 0 Å². The molecular formula is C13H19NS. The summed E-state index contributed by atoms with van der Waals surface area (Å²) in [4.78, 5) is 1.47. The maximum absolute atomic E-state index is 3.62. The molecule has 0 amide bonds. The fraction of sp³-hybridized carbons (Fsp3) is 0.692. The summed E-state index contributed by atoms with van der Waals surface area (Å²) < 4.78 is 0. The van der Waals surface area contributed by atoms with Crippen molar-refractivity contribution in [2.45, 2.75) is 32.2 Å². The van der Waals surface area contributed by atoms with Gasteiger partial charge in [-0.15, -0.1) is 11.3 Å². The van der Waals surface area contributed by atoms with Crippen LogP contribution in [0, 0.1) is 17.8 Å². The van der Waals surface area contributed by atoms with Crippen molar-refractivity contribution in [3.8, 4) is 0 Å². The van der Waals surface area contributed by atoms with Crippen LogP contribution in [0.15, 0.2) is 17.5 Å². The van der Waals surface area contributed by atoms with Crippen LogP contribution >= 0.6 is 11.3 Å². The predicted molar refractivity (Wildman–Crippen MR) is 65.0 cm³/mol. The van der Waals surface area contributed by atoms with E-state index >= 15 is 0 Å². The van der Waals surface area contributed by atoms with E-state index in [1.807, 2.05) is 11.3 Å². The zero-order valence-electron chi connectivity index (χ0n) is 9.11. The molecule has 0 radical (unpaired) electrons. The highest BCUT2D eigenvalue weighted by molar-refractivity contribution is 7.09. The SMILES string of the molecule is c1csc(CNCC2CC3CCC2C3)c1. The molecule has 82 valence electrons. The Balaban J connectivity index is 1.43. The summed E-state index contributed by atoms with van der Waals surface area (Å²) in [7, 11) is 0. The molecule has 3 unspecified atom stereocenters. The van der Waals surface area contributed by atoms with E-state index in [4.69, 9.17) is 0 Å². The minimum atomic E-state index is 0.990. The normalized spacial score (nSPS) is 33.7. The number of thiophene rings is 1. The Hall–Kier alpha value is -0.340. The van der Waals surface area contributed by atoms with Crippen molar-refractivity contribution < 1.29 is 0 Å². The van der Waals surface area contributed by atoms with Gasteiger partial charge in [0.25, 0.3) is 0 Å². The molecule has 2 fully saturated rings. The summed E-state index contributed by atoms with van der Waals surface area (Å²) in [6.07, 6.45) is 6.07. The number of nitrogens with one attached hydrogen (secondary N) is 1. The Morgan fingerprint density at radius 3 is 3.00 bits per heavy atom. The van der Waals surface area contributed by atoms with Gasteiger partial charge in [0.2, 0.25) is 0 Å². The molecule has 2 bridgehead atoms. The van der Waals surface area contributed by atoms with E-state index in [-0.39, 0.29) is 0 Å². The number of fused-ring (bicyclic) bond motifs is 2. The molecule has 2 aliphatic carbocycles. The summed E-state index contributed by atoms with van der Waals surface area (Å²) in [5, 5.41) is 5.79. The first-order chi connectivity index (χ1) is 7.42. The summed E-state index contributed by atoms with van der Waals surface area (Å²) in [5.41, 5.74) is 0. The smallest absolute Gasteiger partial charge is 0.0299 e. The van der Waals surface area contributed by atoms with Gasteiger partial charge < -0.3 is 5.32 Å². The second-order valence-electron chi connectivity index (χ2n) is 5.15. The summed E-state index contributed by atoms with van der Waals surface area (Å²) >= 11 is 1.86. The standard InChI is InChI=1S/C13H19NS/c1-2-13(15-5-1)9-14-8-12-7-10-3-4-11(12)6-10/h1-2,5,10-12,14H,3-4,6-9H2. The van der Waals surface area contributed by atoms with Crippen LogP contribution in [-0.4, -0.2) is 6.54 Å². The molecule has 15 heavy (non-hydrogen) atoms. The molecule has 1 nitrogen and oxygen atoms in total. The van der Waals surface area contributed by atoms with E-state index in [0.29, 0.717) is 0 Å². The van der Waals surface area contributed by atoms with Crippen LogP contribution in [0.3, 0.4) is 0 Å². The average Bonchev–Trinajstić information content (AvgIpc) is 2.93. The van der Waals surface area contributed by atoms with Gasteiger partial charge >= 0.3 is 0 Å². The van der Waals surface area contributed by atoms with Crippen LogP contribution in [0.4, 0.5) is 0 Å². The largest absolute Gasteiger partial charge is 0.312 e. The first kappa shape index (κ1) is 9.86. The fourth-order valence-corrected chi connectivity index (χ4v) is 4.09. The van der Waals surface area contributed by atoms with Gasteiger partial charge in [0, 0.05) is 11.4 Å². The summed E-state index contributed by atoms with van der Waals surface area (Å²) in [6, 6.07) is 4.36. The third-order valence-electron chi connectivity index (χ3n) is 4.17. The second kappa shape index (κ2) is 4.26. The Labute approximate surface area is 95.9 Å². The number of rotatable bonds is 4. The van der Waals surface area contributed by atoms with Gasteiger partial charge in [0.15, 0.2) is 0 Å². The van der Waals surface area contributed by atoms with E-state index in [0.717, 1.165) is 24.3 Å². The topological polar surface area (TPSA) is 12.0 Å². The predicted octanol–water partition coefficient (Wildman–Crippen LogP) is 3.27. The third kappa shape index (κ3) is 2.11. The Kier molecular flexibility index (Phi) is 2.80. The van der Waals surface area contributed by atoms with Crippen LogP contribution in [-0.2, 0) is 6.54 Å². The molecule has 0 saturated heterocycles. The molecule has 3 rings (SSSR count). The van der Waals surface area contributed by atoms with Crippen molar-refractivity contribution in [3.05, 3.63) is 22.4 Å².